The van der Waals surface area contributed by atoms with E-state index in [-0.39, 0.29) is 0 Å². The average Bonchev–Trinajstić information content (AvgIpc) is 2.07. The topological polar surface area (TPSA) is 80.4 Å². The van der Waals surface area contributed by atoms with Gasteiger partial charge in [0.15, 0.2) is 5.92 Å². The largest absolute Gasteiger partial charge is 0.480 e. The molecule has 0 heterocycles. The maximum atomic E-state index is 10.8. The molecule has 0 aromatic heterocycles. The van der Waals surface area contributed by atoms with Crippen LogP contribution in [0.4, 0.5) is 0 Å². The summed E-state index contributed by atoms with van der Waals surface area (Å²) in [6.07, 6.45) is 0. The van der Waals surface area contributed by atoms with E-state index < -0.39 is 17.8 Å². The van der Waals surface area contributed by atoms with Gasteiger partial charge in [0.05, 0.1) is 0 Å². The van der Waals surface area contributed by atoms with E-state index in [2.05, 4.69) is 0 Å². The Morgan fingerprint density at radius 2 is 1.79 bits per heavy atom. The van der Waals surface area contributed by atoms with Crippen LogP contribution in [0.1, 0.15) is 11.5 Å². The van der Waals surface area contributed by atoms with E-state index in [1.165, 1.54) is 24.3 Å². The second-order valence-corrected chi connectivity index (χ2v) is 3.16. The molecule has 1 aromatic carbocycles. The Labute approximate surface area is 85.3 Å². The molecule has 0 aliphatic heterocycles. The minimum absolute atomic E-state index is 0.328. The van der Waals surface area contributed by atoms with E-state index in [0.717, 1.165) is 0 Å². The first-order valence-electron chi connectivity index (χ1n) is 3.80. The number of primary amides is 1. The van der Waals surface area contributed by atoms with Crippen molar-refractivity contribution in [2.45, 2.75) is 5.92 Å². The number of amides is 1. The molecule has 0 saturated heterocycles. The molecule has 0 spiro atoms. The van der Waals surface area contributed by atoms with Crippen molar-refractivity contribution in [3.05, 3.63) is 34.9 Å². The molecule has 1 amide bonds. The van der Waals surface area contributed by atoms with E-state index in [4.69, 9.17) is 22.4 Å². The highest BCUT2D eigenvalue weighted by atomic mass is 35.5. The maximum absolute atomic E-state index is 10.8. The van der Waals surface area contributed by atoms with Gasteiger partial charge in [-0.25, -0.2) is 0 Å². The van der Waals surface area contributed by atoms with Gasteiger partial charge in [-0.05, 0) is 17.7 Å². The molecule has 0 radical (unpaired) electrons. The van der Waals surface area contributed by atoms with E-state index in [1.54, 1.807) is 0 Å². The number of rotatable bonds is 3. The zero-order chi connectivity index (χ0) is 10.7. The Hall–Kier alpha value is -1.55. The van der Waals surface area contributed by atoms with Gasteiger partial charge in [0.1, 0.15) is 0 Å². The smallest absolute Gasteiger partial charge is 0.320 e. The Bertz CT molecular complexity index is 347. The molecule has 0 fully saturated rings. The predicted octanol–water partition coefficient (Wildman–Crippen LogP) is 0.993. The van der Waals surface area contributed by atoms with Gasteiger partial charge in [-0.2, -0.15) is 0 Å². The SMILES string of the molecule is NC(=O)C(C(=O)O)c1ccc(Cl)cc1. The molecule has 1 unspecified atom stereocenters. The number of hydrogen-bond acceptors (Lipinski definition) is 2. The van der Waals surface area contributed by atoms with Crippen LogP contribution in [0, 0.1) is 0 Å². The number of nitrogens with two attached hydrogens (primary N) is 1. The molecule has 5 heteroatoms. The first-order valence-corrected chi connectivity index (χ1v) is 4.17. The number of carboxylic acid groups (broad SMARTS) is 1. The first-order chi connectivity index (χ1) is 6.52. The molecule has 14 heavy (non-hydrogen) atoms. The molecule has 1 rings (SSSR count). The number of benzene rings is 1. The third-order valence-corrected chi connectivity index (χ3v) is 1.99. The van der Waals surface area contributed by atoms with E-state index in [0.29, 0.717) is 10.6 Å². The summed E-state index contributed by atoms with van der Waals surface area (Å²) in [5.74, 6) is -3.47. The summed E-state index contributed by atoms with van der Waals surface area (Å²) < 4.78 is 0. The summed E-state index contributed by atoms with van der Waals surface area (Å²) in [6.45, 7) is 0. The van der Waals surface area contributed by atoms with Crippen LogP contribution >= 0.6 is 11.6 Å². The lowest BCUT2D eigenvalue weighted by Crippen LogP contribution is -2.27. The highest BCUT2D eigenvalue weighted by Crippen LogP contribution is 2.18. The monoisotopic (exact) mass is 213 g/mol. The minimum Gasteiger partial charge on any atom is -0.480 e. The summed E-state index contributed by atoms with van der Waals surface area (Å²) in [5, 5.41) is 9.21. The van der Waals surface area contributed by atoms with E-state index in [1.807, 2.05) is 0 Å². The number of halogens is 1. The van der Waals surface area contributed by atoms with Gasteiger partial charge in [0, 0.05) is 5.02 Å². The summed E-state index contributed by atoms with van der Waals surface area (Å²) in [4.78, 5) is 21.5. The summed E-state index contributed by atoms with van der Waals surface area (Å²) in [5.41, 5.74) is 5.28. The van der Waals surface area contributed by atoms with Crippen molar-refractivity contribution in [3.63, 3.8) is 0 Å². The predicted molar refractivity (Wildman–Crippen MR) is 51.0 cm³/mol. The standard InChI is InChI=1S/C9H8ClNO3/c10-6-3-1-5(2-4-6)7(8(11)12)9(13)14/h1-4,7H,(H2,11,12)(H,13,14). The lowest BCUT2D eigenvalue weighted by Gasteiger charge is -2.07. The highest BCUT2D eigenvalue weighted by Gasteiger charge is 2.25. The van der Waals surface area contributed by atoms with Crippen molar-refractivity contribution in [1.82, 2.24) is 0 Å². The van der Waals surface area contributed by atoms with Crippen LogP contribution < -0.4 is 5.73 Å². The van der Waals surface area contributed by atoms with Crippen LogP contribution in [0.15, 0.2) is 24.3 Å². The van der Waals surface area contributed by atoms with Crippen LogP contribution in [0.2, 0.25) is 5.02 Å². The third-order valence-electron chi connectivity index (χ3n) is 1.73. The number of hydrogen-bond donors (Lipinski definition) is 2. The molecule has 0 bridgehead atoms. The van der Waals surface area contributed by atoms with Crippen LogP contribution in [-0.4, -0.2) is 17.0 Å². The van der Waals surface area contributed by atoms with Crippen molar-refractivity contribution >= 4 is 23.5 Å². The van der Waals surface area contributed by atoms with Gasteiger partial charge in [0.2, 0.25) is 5.91 Å². The van der Waals surface area contributed by atoms with Gasteiger partial charge in [0.25, 0.3) is 0 Å². The molecule has 74 valence electrons. The lowest BCUT2D eigenvalue weighted by molar-refractivity contribution is -0.142. The van der Waals surface area contributed by atoms with Gasteiger partial charge >= 0.3 is 5.97 Å². The Balaban J connectivity index is 3.06. The third kappa shape index (κ3) is 2.23. The molecule has 0 saturated carbocycles. The fourth-order valence-corrected chi connectivity index (χ4v) is 1.21. The number of carbonyl (C=O) groups is 2. The first kappa shape index (κ1) is 10.5. The lowest BCUT2D eigenvalue weighted by atomic mass is 9.99. The number of carboxylic acids is 1. The summed E-state index contributed by atoms with van der Waals surface area (Å²) in [7, 11) is 0. The highest BCUT2D eigenvalue weighted by molar-refractivity contribution is 6.30. The number of carbonyl (C=O) groups excluding carboxylic acids is 1. The van der Waals surface area contributed by atoms with Gasteiger partial charge < -0.3 is 10.8 Å². The normalized spacial score (nSPS) is 12.1. The quantitative estimate of drug-likeness (QED) is 0.735. The summed E-state index contributed by atoms with van der Waals surface area (Å²) in [6, 6.07) is 5.95. The molecular formula is C9H8ClNO3. The fourth-order valence-electron chi connectivity index (χ4n) is 1.08. The Morgan fingerprint density at radius 3 is 2.14 bits per heavy atom. The van der Waals surface area contributed by atoms with Crippen molar-refractivity contribution < 1.29 is 14.7 Å². The van der Waals surface area contributed by atoms with Crippen molar-refractivity contribution in [3.8, 4) is 0 Å². The Morgan fingerprint density at radius 1 is 1.29 bits per heavy atom. The zero-order valence-corrected chi connectivity index (χ0v) is 7.86. The van der Waals surface area contributed by atoms with Gasteiger partial charge in [-0.15, -0.1) is 0 Å². The van der Waals surface area contributed by atoms with Crippen LogP contribution in [0.5, 0.6) is 0 Å². The zero-order valence-electron chi connectivity index (χ0n) is 7.11. The van der Waals surface area contributed by atoms with E-state index >= 15 is 0 Å². The van der Waals surface area contributed by atoms with Crippen LogP contribution in [-0.2, 0) is 9.59 Å². The second kappa shape index (κ2) is 4.11. The molecule has 0 aliphatic carbocycles. The van der Waals surface area contributed by atoms with Crippen molar-refractivity contribution in [1.29, 1.82) is 0 Å². The van der Waals surface area contributed by atoms with Crippen LogP contribution in [0.25, 0.3) is 0 Å². The van der Waals surface area contributed by atoms with Crippen molar-refractivity contribution in [2.24, 2.45) is 5.73 Å². The van der Waals surface area contributed by atoms with Gasteiger partial charge in [-0.1, -0.05) is 23.7 Å². The van der Waals surface area contributed by atoms with Gasteiger partial charge in [-0.3, -0.25) is 9.59 Å². The second-order valence-electron chi connectivity index (χ2n) is 2.73. The molecule has 3 N–H and O–H groups in total. The summed E-state index contributed by atoms with van der Waals surface area (Å²) >= 11 is 5.61. The van der Waals surface area contributed by atoms with Crippen LogP contribution in [0.3, 0.4) is 0 Å². The molecule has 1 atom stereocenters. The Kier molecular flexibility index (Phi) is 3.09. The average molecular weight is 214 g/mol. The molecule has 1 aromatic rings. The fraction of sp³-hybridized carbons (Fsp3) is 0.111. The minimum atomic E-state index is -1.31. The number of aliphatic carboxylic acids is 1. The van der Waals surface area contributed by atoms with Crippen molar-refractivity contribution in [2.75, 3.05) is 0 Å². The maximum Gasteiger partial charge on any atom is 0.320 e. The van der Waals surface area contributed by atoms with E-state index in [9.17, 15) is 9.59 Å². The molecule has 0 aliphatic rings. The molecule has 4 nitrogen and oxygen atoms in total. The molecular weight excluding hydrogens is 206 g/mol.